The molecule has 0 radical (unpaired) electrons. The second kappa shape index (κ2) is 7.28. The van der Waals surface area contributed by atoms with Crippen LogP contribution in [-0.2, 0) is 0 Å². The zero-order valence-corrected chi connectivity index (χ0v) is 15.4. The van der Waals surface area contributed by atoms with Gasteiger partial charge in [-0.3, -0.25) is 9.59 Å². The van der Waals surface area contributed by atoms with Crippen molar-refractivity contribution < 1.29 is 9.59 Å². The summed E-state index contributed by atoms with van der Waals surface area (Å²) in [5.74, 6) is -0.183. The lowest BCUT2D eigenvalue weighted by atomic mass is 9.92. The van der Waals surface area contributed by atoms with Crippen LogP contribution in [0.5, 0.6) is 0 Å². The Morgan fingerprint density at radius 1 is 0.800 bits per heavy atom. The highest BCUT2D eigenvalue weighted by molar-refractivity contribution is 8.04. The Morgan fingerprint density at radius 2 is 1.36 bits per heavy atom. The number of carbonyl (C=O) groups excluding carboxylic acids is 2. The SMILES string of the molecule is CC(C)SC1=C(NC(C)c2ccccc2)C(=O)c2ccccc2C1=O. The maximum Gasteiger partial charge on any atom is 0.210 e. The number of ketones is 2. The fourth-order valence-corrected chi connectivity index (χ4v) is 3.83. The molecule has 2 aromatic rings. The predicted octanol–water partition coefficient (Wildman–Crippen LogP) is 4.77. The summed E-state index contributed by atoms with van der Waals surface area (Å²) in [4.78, 5) is 26.5. The largest absolute Gasteiger partial charge is 0.374 e. The van der Waals surface area contributed by atoms with Gasteiger partial charge in [0.05, 0.1) is 4.91 Å². The highest BCUT2D eigenvalue weighted by atomic mass is 32.2. The summed E-state index contributed by atoms with van der Waals surface area (Å²) in [5, 5.41) is 3.51. The molecule has 3 nitrogen and oxygen atoms in total. The average Bonchev–Trinajstić information content (AvgIpc) is 2.63. The molecule has 1 N–H and O–H groups in total. The molecule has 0 aromatic heterocycles. The Hall–Kier alpha value is -2.33. The van der Waals surface area contributed by atoms with Crippen molar-refractivity contribution in [2.24, 2.45) is 0 Å². The van der Waals surface area contributed by atoms with E-state index in [0.717, 1.165) is 5.56 Å². The summed E-state index contributed by atoms with van der Waals surface area (Å²) in [5.41, 5.74) is 2.46. The normalized spacial score (nSPS) is 15.4. The van der Waals surface area contributed by atoms with Gasteiger partial charge in [0.25, 0.3) is 0 Å². The first-order valence-electron chi connectivity index (χ1n) is 8.40. The van der Waals surface area contributed by atoms with Crippen LogP contribution in [0.25, 0.3) is 0 Å². The van der Waals surface area contributed by atoms with Crippen molar-refractivity contribution >= 4 is 23.3 Å². The van der Waals surface area contributed by atoms with Gasteiger partial charge in [-0.05, 0) is 12.5 Å². The average molecular weight is 351 g/mol. The molecule has 0 bridgehead atoms. The molecule has 0 spiro atoms. The van der Waals surface area contributed by atoms with E-state index in [1.165, 1.54) is 11.8 Å². The molecule has 1 unspecified atom stereocenters. The second-order valence-corrected chi connectivity index (χ2v) is 7.94. The van der Waals surface area contributed by atoms with Crippen molar-refractivity contribution in [3.8, 4) is 0 Å². The number of allylic oxidation sites excluding steroid dienone is 2. The lowest BCUT2D eigenvalue weighted by Gasteiger charge is -2.25. The minimum Gasteiger partial charge on any atom is -0.374 e. The number of rotatable bonds is 5. The van der Waals surface area contributed by atoms with Crippen LogP contribution in [-0.4, -0.2) is 16.8 Å². The number of Topliss-reactive ketones (excluding diaryl/α,β-unsaturated/α-hetero) is 2. The molecule has 1 atom stereocenters. The van der Waals surface area contributed by atoms with Gasteiger partial charge in [0.2, 0.25) is 11.6 Å². The second-order valence-electron chi connectivity index (χ2n) is 6.35. The maximum absolute atomic E-state index is 13.0. The van der Waals surface area contributed by atoms with E-state index in [-0.39, 0.29) is 22.9 Å². The third kappa shape index (κ3) is 3.54. The number of hydrogen-bond donors (Lipinski definition) is 1. The van der Waals surface area contributed by atoms with Gasteiger partial charge in [-0.15, -0.1) is 11.8 Å². The summed E-state index contributed by atoms with van der Waals surface area (Å²) in [6, 6.07) is 16.9. The Morgan fingerprint density at radius 3 is 1.96 bits per heavy atom. The Balaban J connectivity index is 2.02. The summed E-state index contributed by atoms with van der Waals surface area (Å²) in [6.07, 6.45) is 0. The third-order valence-corrected chi connectivity index (χ3v) is 5.19. The maximum atomic E-state index is 13.0. The number of fused-ring (bicyclic) bond motifs is 1. The highest BCUT2D eigenvalue weighted by Crippen LogP contribution is 2.34. The summed E-state index contributed by atoms with van der Waals surface area (Å²) < 4.78 is 0. The molecule has 1 aliphatic carbocycles. The predicted molar refractivity (Wildman–Crippen MR) is 103 cm³/mol. The molecule has 2 aromatic carbocycles. The zero-order chi connectivity index (χ0) is 18.0. The van der Waals surface area contributed by atoms with Crippen LogP contribution in [0, 0.1) is 0 Å². The minimum absolute atomic E-state index is 0.0685. The van der Waals surface area contributed by atoms with Crippen LogP contribution in [0.1, 0.15) is 53.1 Å². The number of thioether (sulfide) groups is 1. The highest BCUT2D eigenvalue weighted by Gasteiger charge is 2.33. The molecule has 1 aliphatic rings. The van der Waals surface area contributed by atoms with Crippen molar-refractivity contribution in [2.75, 3.05) is 0 Å². The molecule has 0 amide bonds. The molecule has 3 rings (SSSR count). The monoisotopic (exact) mass is 351 g/mol. The van der Waals surface area contributed by atoms with E-state index in [4.69, 9.17) is 0 Å². The minimum atomic E-state index is -0.110. The topological polar surface area (TPSA) is 46.2 Å². The lowest BCUT2D eigenvalue weighted by molar-refractivity contribution is 0.0974. The van der Waals surface area contributed by atoms with Crippen molar-refractivity contribution in [1.82, 2.24) is 5.32 Å². The van der Waals surface area contributed by atoms with E-state index in [0.29, 0.717) is 21.7 Å². The molecule has 0 saturated heterocycles. The van der Waals surface area contributed by atoms with Gasteiger partial charge >= 0.3 is 0 Å². The van der Waals surface area contributed by atoms with Crippen molar-refractivity contribution in [3.05, 3.63) is 81.9 Å². The number of hydrogen-bond acceptors (Lipinski definition) is 4. The van der Waals surface area contributed by atoms with Crippen LogP contribution in [0.2, 0.25) is 0 Å². The molecule has 25 heavy (non-hydrogen) atoms. The van der Waals surface area contributed by atoms with Crippen LogP contribution in [0.15, 0.2) is 65.2 Å². The van der Waals surface area contributed by atoms with E-state index in [9.17, 15) is 9.59 Å². The molecule has 4 heteroatoms. The smallest absolute Gasteiger partial charge is 0.210 e. The summed E-state index contributed by atoms with van der Waals surface area (Å²) >= 11 is 1.44. The Kier molecular flexibility index (Phi) is 5.09. The van der Waals surface area contributed by atoms with Gasteiger partial charge in [-0.1, -0.05) is 68.4 Å². The molecule has 0 saturated carbocycles. The quantitative estimate of drug-likeness (QED) is 0.843. The van der Waals surface area contributed by atoms with E-state index in [1.54, 1.807) is 24.3 Å². The van der Waals surface area contributed by atoms with E-state index < -0.39 is 0 Å². The fraction of sp³-hybridized carbons (Fsp3) is 0.238. The van der Waals surface area contributed by atoms with E-state index >= 15 is 0 Å². The van der Waals surface area contributed by atoms with Gasteiger partial charge in [-0.2, -0.15) is 0 Å². The molecular weight excluding hydrogens is 330 g/mol. The molecule has 0 aliphatic heterocycles. The van der Waals surface area contributed by atoms with E-state index in [1.807, 2.05) is 51.1 Å². The van der Waals surface area contributed by atoms with Crippen LogP contribution < -0.4 is 5.32 Å². The molecular formula is C21H21NO2S. The lowest BCUT2D eigenvalue weighted by Crippen LogP contribution is -2.31. The number of carbonyl (C=O) groups is 2. The van der Waals surface area contributed by atoms with Crippen LogP contribution in [0.3, 0.4) is 0 Å². The van der Waals surface area contributed by atoms with Crippen molar-refractivity contribution in [1.29, 1.82) is 0 Å². The number of nitrogens with one attached hydrogen (secondary N) is 1. The molecule has 128 valence electrons. The van der Waals surface area contributed by atoms with Gasteiger partial charge in [0, 0.05) is 22.4 Å². The standard InChI is InChI=1S/C21H21NO2S/c1-13(2)25-21-18(22-14(3)15-9-5-4-6-10-15)19(23)16-11-7-8-12-17(16)20(21)24/h4-14,22H,1-3H3. The van der Waals surface area contributed by atoms with Gasteiger partial charge in [0.1, 0.15) is 5.70 Å². The summed E-state index contributed by atoms with van der Waals surface area (Å²) in [7, 11) is 0. The third-order valence-electron chi connectivity index (χ3n) is 4.09. The first kappa shape index (κ1) is 17.5. The van der Waals surface area contributed by atoms with Crippen molar-refractivity contribution in [2.45, 2.75) is 32.1 Å². The Labute approximate surface area is 152 Å². The molecule has 0 fully saturated rings. The van der Waals surface area contributed by atoms with Crippen LogP contribution in [0.4, 0.5) is 0 Å². The van der Waals surface area contributed by atoms with Crippen LogP contribution >= 0.6 is 11.8 Å². The molecule has 0 heterocycles. The van der Waals surface area contributed by atoms with Gasteiger partial charge in [0.15, 0.2) is 0 Å². The summed E-state index contributed by atoms with van der Waals surface area (Å²) in [6.45, 7) is 6.04. The Bertz CT molecular complexity index is 840. The van der Waals surface area contributed by atoms with Gasteiger partial charge in [-0.25, -0.2) is 0 Å². The number of benzene rings is 2. The zero-order valence-electron chi connectivity index (χ0n) is 14.6. The van der Waals surface area contributed by atoms with Gasteiger partial charge < -0.3 is 5.32 Å². The fourth-order valence-electron chi connectivity index (χ4n) is 2.87. The first-order chi connectivity index (χ1) is 12.0. The van der Waals surface area contributed by atoms with Crippen molar-refractivity contribution in [3.63, 3.8) is 0 Å². The first-order valence-corrected chi connectivity index (χ1v) is 9.28. The van der Waals surface area contributed by atoms with E-state index in [2.05, 4.69) is 5.32 Å².